The molecule has 6 nitrogen and oxygen atoms in total. The van der Waals surface area contributed by atoms with Crippen LogP contribution in [0.4, 0.5) is 5.69 Å². The average Bonchev–Trinajstić information content (AvgIpc) is 2.61. The summed E-state index contributed by atoms with van der Waals surface area (Å²) in [6.45, 7) is 3.87. The Hall–Kier alpha value is -2.25. The highest BCUT2D eigenvalue weighted by Crippen LogP contribution is 2.29. The Morgan fingerprint density at radius 1 is 1.19 bits per heavy atom. The van der Waals surface area contributed by atoms with Crippen LogP contribution in [0, 0.1) is 0 Å². The normalized spacial score (nSPS) is 12.3. The van der Waals surface area contributed by atoms with E-state index in [0.29, 0.717) is 16.3 Å². The van der Waals surface area contributed by atoms with Gasteiger partial charge in [-0.3, -0.25) is 9.52 Å². The monoisotopic (exact) mass is 396 g/mol. The molecule has 8 heteroatoms. The van der Waals surface area contributed by atoms with E-state index in [0.717, 1.165) is 6.42 Å². The molecule has 26 heavy (non-hydrogen) atoms. The molecular weight excluding hydrogens is 376 g/mol. The summed E-state index contributed by atoms with van der Waals surface area (Å²) in [5.41, 5.74) is 0.628. The molecule has 1 atom stereocenters. The summed E-state index contributed by atoms with van der Waals surface area (Å²) in [6, 6.07) is 10.4. The summed E-state index contributed by atoms with van der Waals surface area (Å²) in [4.78, 5) is 12.1. The SMILES string of the molecule is CCC(C)NC(=O)c1ccc(S(=O)(=O)Nc2cc(Cl)ccc2OC)cc1. The second kappa shape index (κ2) is 8.42. The van der Waals surface area contributed by atoms with Crippen molar-refractivity contribution in [1.82, 2.24) is 5.32 Å². The molecule has 2 aromatic rings. The third kappa shape index (κ3) is 4.89. The van der Waals surface area contributed by atoms with Crippen LogP contribution in [0.5, 0.6) is 5.75 Å². The Labute approximate surface area is 158 Å². The van der Waals surface area contributed by atoms with Gasteiger partial charge in [0, 0.05) is 16.6 Å². The van der Waals surface area contributed by atoms with Crippen LogP contribution in [-0.2, 0) is 10.0 Å². The van der Waals surface area contributed by atoms with Crippen molar-refractivity contribution < 1.29 is 17.9 Å². The topological polar surface area (TPSA) is 84.5 Å². The van der Waals surface area contributed by atoms with E-state index in [4.69, 9.17) is 16.3 Å². The van der Waals surface area contributed by atoms with Crippen LogP contribution in [0.3, 0.4) is 0 Å². The summed E-state index contributed by atoms with van der Waals surface area (Å²) < 4.78 is 32.7. The summed E-state index contributed by atoms with van der Waals surface area (Å²) >= 11 is 5.92. The van der Waals surface area contributed by atoms with Gasteiger partial charge in [0.15, 0.2) is 0 Å². The number of sulfonamides is 1. The zero-order valence-electron chi connectivity index (χ0n) is 14.7. The molecule has 0 bridgehead atoms. The lowest BCUT2D eigenvalue weighted by Gasteiger charge is -2.13. The number of benzene rings is 2. The highest BCUT2D eigenvalue weighted by atomic mass is 35.5. The summed E-state index contributed by atoms with van der Waals surface area (Å²) in [5.74, 6) is 0.107. The lowest BCUT2D eigenvalue weighted by atomic mass is 10.2. The van der Waals surface area contributed by atoms with Crippen molar-refractivity contribution in [2.75, 3.05) is 11.8 Å². The lowest BCUT2D eigenvalue weighted by molar-refractivity contribution is 0.0939. The second-order valence-electron chi connectivity index (χ2n) is 5.76. The number of hydrogen-bond acceptors (Lipinski definition) is 4. The number of carbonyl (C=O) groups is 1. The van der Waals surface area contributed by atoms with Crippen LogP contribution in [-0.4, -0.2) is 27.5 Å². The van der Waals surface area contributed by atoms with E-state index >= 15 is 0 Å². The van der Waals surface area contributed by atoms with Gasteiger partial charge in [-0.2, -0.15) is 0 Å². The fraction of sp³-hybridized carbons (Fsp3) is 0.278. The van der Waals surface area contributed by atoms with Crippen LogP contribution in [0.2, 0.25) is 5.02 Å². The van der Waals surface area contributed by atoms with Gasteiger partial charge in [0.1, 0.15) is 5.75 Å². The molecule has 0 aliphatic rings. The van der Waals surface area contributed by atoms with E-state index in [1.165, 1.54) is 37.4 Å². The van der Waals surface area contributed by atoms with E-state index in [-0.39, 0.29) is 22.5 Å². The highest BCUT2D eigenvalue weighted by molar-refractivity contribution is 7.92. The fourth-order valence-corrected chi connectivity index (χ4v) is 3.39. The first kappa shape index (κ1) is 20.1. The van der Waals surface area contributed by atoms with E-state index in [9.17, 15) is 13.2 Å². The zero-order chi connectivity index (χ0) is 19.3. The summed E-state index contributed by atoms with van der Waals surface area (Å²) in [7, 11) is -2.42. The van der Waals surface area contributed by atoms with Gasteiger partial charge in [-0.05, 0) is 55.8 Å². The Kier molecular flexibility index (Phi) is 6.50. The van der Waals surface area contributed by atoms with Crippen LogP contribution in [0.25, 0.3) is 0 Å². The van der Waals surface area contributed by atoms with Gasteiger partial charge in [-0.1, -0.05) is 18.5 Å². The number of halogens is 1. The van der Waals surface area contributed by atoms with E-state index < -0.39 is 10.0 Å². The van der Waals surface area contributed by atoms with Gasteiger partial charge < -0.3 is 10.1 Å². The predicted octanol–water partition coefficient (Wildman–Crippen LogP) is 3.68. The number of methoxy groups -OCH3 is 1. The van der Waals surface area contributed by atoms with Gasteiger partial charge in [-0.25, -0.2) is 8.42 Å². The molecule has 0 spiro atoms. The standard InChI is InChI=1S/C18H21ClN2O4S/c1-4-12(2)20-18(22)13-5-8-15(9-6-13)26(23,24)21-16-11-14(19)7-10-17(16)25-3/h5-12,21H,4H2,1-3H3,(H,20,22). The van der Waals surface area contributed by atoms with E-state index in [1.54, 1.807) is 12.1 Å². The van der Waals surface area contributed by atoms with Crippen LogP contribution < -0.4 is 14.8 Å². The van der Waals surface area contributed by atoms with E-state index in [2.05, 4.69) is 10.0 Å². The molecule has 2 aromatic carbocycles. The first-order valence-electron chi connectivity index (χ1n) is 8.04. The number of anilines is 1. The molecule has 0 fully saturated rings. The maximum Gasteiger partial charge on any atom is 0.262 e. The third-order valence-electron chi connectivity index (χ3n) is 3.82. The lowest BCUT2D eigenvalue weighted by Crippen LogP contribution is -2.31. The van der Waals surface area contributed by atoms with Crippen LogP contribution in [0.15, 0.2) is 47.4 Å². The summed E-state index contributed by atoms with van der Waals surface area (Å²) in [6.07, 6.45) is 0.809. The second-order valence-corrected chi connectivity index (χ2v) is 7.88. The molecule has 2 rings (SSSR count). The molecule has 140 valence electrons. The summed E-state index contributed by atoms with van der Waals surface area (Å²) in [5, 5.41) is 3.21. The quantitative estimate of drug-likeness (QED) is 0.747. The van der Waals surface area contributed by atoms with Crippen molar-refractivity contribution in [3.63, 3.8) is 0 Å². The first-order valence-corrected chi connectivity index (χ1v) is 9.90. The van der Waals surface area contributed by atoms with Gasteiger partial charge in [0.25, 0.3) is 15.9 Å². The number of hydrogen-bond donors (Lipinski definition) is 2. The molecule has 2 N–H and O–H groups in total. The number of rotatable bonds is 7. The maximum atomic E-state index is 12.6. The molecule has 0 radical (unpaired) electrons. The third-order valence-corrected chi connectivity index (χ3v) is 5.44. The van der Waals surface area contributed by atoms with Crippen LogP contribution in [0.1, 0.15) is 30.6 Å². The number of ether oxygens (including phenoxy) is 1. The molecule has 1 amide bonds. The maximum absolute atomic E-state index is 12.6. The average molecular weight is 397 g/mol. The molecular formula is C18H21ClN2O4S. The smallest absolute Gasteiger partial charge is 0.262 e. The van der Waals surface area contributed by atoms with Crippen molar-refractivity contribution in [3.05, 3.63) is 53.1 Å². The minimum Gasteiger partial charge on any atom is -0.495 e. The van der Waals surface area contributed by atoms with Crippen molar-refractivity contribution in [2.45, 2.75) is 31.2 Å². The van der Waals surface area contributed by atoms with Gasteiger partial charge in [0.2, 0.25) is 0 Å². The molecule has 1 unspecified atom stereocenters. The van der Waals surface area contributed by atoms with Crippen molar-refractivity contribution in [2.24, 2.45) is 0 Å². The Balaban J connectivity index is 2.22. The van der Waals surface area contributed by atoms with Gasteiger partial charge >= 0.3 is 0 Å². The van der Waals surface area contributed by atoms with Crippen LogP contribution >= 0.6 is 11.6 Å². The highest BCUT2D eigenvalue weighted by Gasteiger charge is 2.18. The number of nitrogens with one attached hydrogen (secondary N) is 2. The van der Waals surface area contributed by atoms with Crippen molar-refractivity contribution in [1.29, 1.82) is 0 Å². The van der Waals surface area contributed by atoms with Gasteiger partial charge in [0.05, 0.1) is 17.7 Å². The number of amides is 1. The van der Waals surface area contributed by atoms with E-state index in [1.807, 2.05) is 13.8 Å². The fourth-order valence-electron chi connectivity index (χ4n) is 2.16. The van der Waals surface area contributed by atoms with Crippen molar-refractivity contribution in [3.8, 4) is 5.75 Å². The largest absolute Gasteiger partial charge is 0.495 e. The Morgan fingerprint density at radius 3 is 2.42 bits per heavy atom. The Morgan fingerprint density at radius 2 is 1.85 bits per heavy atom. The number of carbonyl (C=O) groups excluding carboxylic acids is 1. The van der Waals surface area contributed by atoms with Crippen molar-refractivity contribution >= 4 is 33.2 Å². The first-order chi connectivity index (χ1) is 12.3. The molecule has 0 aliphatic carbocycles. The zero-order valence-corrected chi connectivity index (χ0v) is 16.3. The molecule has 0 heterocycles. The predicted molar refractivity (Wildman–Crippen MR) is 102 cm³/mol. The minimum atomic E-state index is -3.85. The van der Waals surface area contributed by atoms with Gasteiger partial charge in [-0.15, -0.1) is 0 Å². The molecule has 0 aromatic heterocycles. The molecule has 0 saturated heterocycles. The molecule has 0 saturated carbocycles. The minimum absolute atomic E-state index is 0.0274. The Bertz CT molecular complexity index is 883. The molecule has 0 aliphatic heterocycles.